The molecule has 0 amide bonds. The monoisotopic (exact) mass is 114 g/mol. The summed E-state index contributed by atoms with van der Waals surface area (Å²) in [6.45, 7) is 1.94. The zero-order valence-corrected chi connectivity index (χ0v) is 4.87. The fourth-order valence-corrected chi connectivity index (χ4v) is 0.321. The van der Waals surface area contributed by atoms with Crippen molar-refractivity contribution in [2.45, 2.75) is 19.4 Å². The minimum Gasteiger partial charge on any atom is -0.382 e. The molecule has 0 rings (SSSR count). The number of hydrogen-bond donors (Lipinski definition) is 1. The lowest BCUT2D eigenvalue weighted by atomic mass is 10.3. The molecule has 2 heteroatoms. The average Bonchev–Trinajstić information content (AvgIpc) is 1.83. The second kappa shape index (κ2) is 4.53. The van der Waals surface area contributed by atoms with Crippen molar-refractivity contribution in [3.63, 3.8) is 0 Å². The third kappa shape index (κ3) is 3.56. The summed E-state index contributed by atoms with van der Waals surface area (Å²) in [5.41, 5.74) is 0. The maximum absolute atomic E-state index is 9.71. The Morgan fingerprint density at radius 2 is 2.38 bits per heavy atom. The van der Waals surface area contributed by atoms with Gasteiger partial charge in [-0.3, -0.25) is 0 Å². The highest BCUT2D eigenvalue weighted by molar-refractivity contribution is 5.58. The molecule has 0 aromatic rings. The van der Waals surface area contributed by atoms with Crippen molar-refractivity contribution >= 4 is 6.29 Å². The van der Waals surface area contributed by atoms with E-state index >= 15 is 0 Å². The van der Waals surface area contributed by atoms with Crippen LogP contribution in [0, 0.1) is 0 Å². The summed E-state index contributed by atoms with van der Waals surface area (Å²) in [6.07, 6.45) is 3.65. The number of carbonyl (C=O) groups is 1. The van der Waals surface area contributed by atoms with E-state index in [1.807, 2.05) is 6.92 Å². The Labute approximate surface area is 48.8 Å². The summed E-state index contributed by atoms with van der Waals surface area (Å²) in [7, 11) is 0. The molecule has 0 aliphatic heterocycles. The number of carbonyl (C=O) groups excluding carboxylic acids is 1. The summed E-state index contributed by atoms with van der Waals surface area (Å²) in [4.78, 5) is 9.71. The van der Waals surface area contributed by atoms with Crippen molar-refractivity contribution in [1.29, 1.82) is 0 Å². The topological polar surface area (TPSA) is 37.3 Å². The van der Waals surface area contributed by atoms with Crippen LogP contribution in [-0.2, 0) is 4.79 Å². The van der Waals surface area contributed by atoms with E-state index in [9.17, 15) is 4.79 Å². The summed E-state index contributed by atoms with van der Waals surface area (Å²) >= 11 is 0. The molecule has 2 nitrogen and oxygen atoms in total. The predicted octanol–water partition coefficient (Wildman–Crippen LogP) is 0.512. The van der Waals surface area contributed by atoms with Crippen LogP contribution in [0.15, 0.2) is 12.2 Å². The van der Waals surface area contributed by atoms with Gasteiger partial charge in [0.1, 0.15) is 6.10 Å². The fourth-order valence-electron chi connectivity index (χ4n) is 0.321. The first kappa shape index (κ1) is 7.37. The molecular formula is C6H10O2. The van der Waals surface area contributed by atoms with E-state index in [4.69, 9.17) is 5.11 Å². The summed E-state index contributed by atoms with van der Waals surface area (Å²) < 4.78 is 0. The Kier molecular flexibility index (Phi) is 4.17. The van der Waals surface area contributed by atoms with Gasteiger partial charge in [-0.1, -0.05) is 19.1 Å². The van der Waals surface area contributed by atoms with E-state index in [0.29, 0.717) is 6.29 Å². The molecular weight excluding hydrogens is 104 g/mol. The molecule has 0 fully saturated rings. The molecule has 46 valence electrons. The molecule has 0 aromatic heterocycles. The third-order valence-corrected chi connectivity index (χ3v) is 0.708. The predicted molar refractivity (Wildman–Crippen MR) is 31.5 cm³/mol. The normalized spacial score (nSPS) is 14.2. The Morgan fingerprint density at radius 3 is 2.75 bits per heavy atom. The molecule has 0 saturated heterocycles. The van der Waals surface area contributed by atoms with Crippen LogP contribution in [0.2, 0.25) is 0 Å². The van der Waals surface area contributed by atoms with Crippen LogP contribution in [0.5, 0.6) is 0 Å². The maximum Gasteiger partial charge on any atom is 0.152 e. The number of aliphatic hydroxyl groups is 1. The van der Waals surface area contributed by atoms with Gasteiger partial charge < -0.3 is 9.90 Å². The lowest BCUT2D eigenvalue weighted by Crippen LogP contribution is -2.01. The molecule has 1 atom stereocenters. The van der Waals surface area contributed by atoms with E-state index < -0.39 is 6.10 Å². The highest BCUT2D eigenvalue weighted by atomic mass is 16.3. The van der Waals surface area contributed by atoms with Crippen LogP contribution in [0.4, 0.5) is 0 Å². The first-order chi connectivity index (χ1) is 3.81. The Morgan fingerprint density at radius 1 is 1.75 bits per heavy atom. The summed E-state index contributed by atoms with van der Waals surface area (Å²) in [5, 5.41) is 8.53. The van der Waals surface area contributed by atoms with E-state index in [2.05, 4.69) is 0 Å². The van der Waals surface area contributed by atoms with E-state index in [-0.39, 0.29) is 0 Å². The quantitative estimate of drug-likeness (QED) is 0.429. The lowest BCUT2D eigenvalue weighted by molar-refractivity contribution is -0.112. The molecule has 0 radical (unpaired) electrons. The van der Waals surface area contributed by atoms with Gasteiger partial charge in [0.05, 0.1) is 0 Å². The number of allylic oxidation sites excluding steroid dienone is 1. The van der Waals surface area contributed by atoms with Crippen LogP contribution in [0.25, 0.3) is 0 Å². The first-order valence-electron chi connectivity index (χ1n) is 2.61. The molecule has 0 heterocycles. The zero-order valence-electron chi connectivity index (χ0n) is 4.87. The van der Waals surface area contributed by atoms with Gasteiger partial charge >= 0.3 is 0 Å². The molecule has 1 N–H and O–H groups in total. The van der Waals surface area contributed by atoms with Crippen molar-refractivity contribution in [3.05, 3.63) is 12.2 Å². The molecule has 0 aromatic carbocycles. The van der Waals surface area contributed by atoms with Gasteiger partial charge in [0.25, 0.3) is 0 Å². The minimum atomic E-state index is -0.907. The van der Waals surface area contributed by atoms with Gasteiger partial charge in [0.2, 0.25) is 0 Å². The molecule has 0 bridgehead atoms. The highest BCUT2D eigenvalue weighted by Gasteiger charge is 1.89. The summed E-state index contributed by atoms with van der Waals surface area (Å²) in [6, 6.07) is 0. The fraction of sp³-hybridized carbons (Fsp3) is 0.500. The Hall–Kier alpha value is -0.630. The third-order valence-electron chi connectivity index (χ3n) is 0.708. The molecule has 0 spiro atoms. The largest absolute Gasteiger partial charge is 0.382 e. The minimum absolute atomic E-state index is 0.492. The van der Waals surface area contributed by atoms with Crippen LogP contribution < -0.4 is 0 Å². The van der Waals surface area contributed by atoms with Gasteiger partial charge in [0, 0.05) is 0 Å². The van der Waals surface area contributed by atoms with Crippen molar-refractivity contribution in [3.8, 4) is 0 Å². The van der Waals surface area contributed by atoms with Crippen LogP contribution in [0.3, 0.4) is 0 Å². The number of aliphatic hydroxyl groups excluding tert-OH is 1. The van der Waals surface area contributed by atoms with Gasteiger partial charge in [-0.15, -0.1) is 0 Å². The van der Waals surface area contributed by atoms with E-state index in [1.54, 1.807) is 6.08 Å². The van der Waals surface area contributed by atoms with Crippen molar-refractivity contribution in [1.82, 2.24) is 0 Å². The van der Waals surface area contributed by atoms with Crippen LogP contribution in [-0.4, -0.2) is 17.5 Å². The lowest BCUT2D eigenvalue weighted by Gasteiger charge is -1.88. The molecule has 0 aliphatic rings. The number of aldehydes is 1. The van der Waals surface area contributed by atoms with Crippen molar-refractivity contribution < 1.29 is 9.90 Å². The standard InChI is InChI=1S/C6H10O2/c1-2-3-4-6(8)5-7/h3-6,8H,2H2,1H3/b4-3+. The van der Waals surface area contributed by atoms with Gasteiger partial charge in [0.15, 0.2) is 6.29 Å². The van der Waals surface area contributed by atoms with Crippen LogP contribution in [0.1, 0.15) is 13.3 Å². The Bertz CT molecular complexity index is 86.5. The van der Waals surface area contributed by atoms with E-state index in [0.717, 1.165) is 6.42 Å². The number of rotatable bonds is 3. The zero-order chi connectivity index (χ0) is 6.41. The smallest absolute Gasteiger partial charge is 0.152 e. The second-order valence-electron chi connectivity index (χ2n) is 1.46. The highest BCUT2D eigenvalue weighted by Crippen LogP contribution is 1.82. The van der Waals surface area contributed by atoms with Crippen molar-refractivity contribution in [2.75, 3.05) is 0 Å². The average molecular weight is 114 g/mol. The van der Waals surface area contributed by atoms with Crippen molar-refractivity contribution in [2.24, 2.45) is 0 Å². The van der Waals surface area contributed by atoms with Gasteiger partial charge in [-0.2, -0.15) is 0 Å². The molecule has 0 aliphatic carbocycles. The van der Waals surface area contributed by atoms with Crippen LogP contribution >= 0.6 is 0 Å². The van der Waals surface area contributed by atoms with Gasteiger partial charge in [-0.05, 0) is 6.42 Å². The Balaban J connectivity index is 3.35. The molecule has 8 heavy (non-hydrogen) atoms. The second-order valence-corrected chi connectivity index (χ2v) is 1.46. The number of hydrogen-bond acceptors (Lipinski definition) is 2. The first-order valence-corrected chi connectivity index (χ1v) is 2.61. The molecule has 1 unspecified atom stereocenters. The summed E-state index contributed by atoms with van der Waals surface area (Å²) in [5.74, 6) is 0. The van der Waals surface area contributed by atoms with E-state index in [1.165, 1.54) is 6.08 Å². The van der Waals surface area contributed by atoms with Gasteiger partial charge in [-0.25, -0.2) is 0 Å². The maximum atomic E-state index is 9.71. The SMILES string of the molecule is CC/C=C/C(O)C=O. The molecule has 0 saturated carbocycles.